The van der Waals surface area contributed by atoms with Crippen molar-refractivity contribution >= 4 is 23.4 Å². The summed E-state index contributed by atoms with van der Waals surface area (Å²) in [5, 5.41) is 10.3. The number of imide groups is 1. The predicted molar refractivity (Wildman–Crippen MR) is 114 cm³/mol. The van der Waals surface area contributed by atoms with E-state index in [0.29, 0.717) is 23.3 Å². The maximum Gasteiger partial charge on any atom is 0.262 e. The van der Waals surface area contributed by atoms with Gasteiger partial charge in [0.1, 0.15) is 11.7 Å². The summed E-state index contributed by atoms with van der Waals surface area (Å²) in [4.78, 5) is 35.9. The summed E-state index contributed by atoms with van der Waals surface area (Å²) in [6.45, 7) is 2.46. The van der Waals surface area contributed by atoms with E-state index in [9.17, 15) is 14.7 Å². The second-order valence-electron chi connectivity index (χ2n) is 7.09. The second-order valence-corrected chi connectivity index (χ2v) is 7.45. The second kappa shape index (κ2) is 8.73. The Morgan fingerprint density at radius 3 is 2.39 bits per heavy atom. The number of aromatic hydroxyl groups is 1. The first kappa shape index (κ1) is 20.8. The molecule has 0 saturated heterocycles. The number of aromatic nitrogens is 2. The van der Waals surface area contributed by atoms with Crippen molar-refractivity contribution in [1.29, 1.82) is 0 Å². The van der Waals surface area contributed by atoms with Crippen LogP contribution in [0.3, 0.4) is 0 Å². The number of phenolic OH excluding ortho intramolecular Hbond substituents is 1. The van der Waals surface area contributed by atoms with Gasteiger partial charge in [0.25, 0.3) is 11.8 Å². The van der Waals surface area contributed by atoms with E-state index >= 15 is 0 Å². The number of hydrogen-bond donors (Lipinski definition) is 1. The number of carbonyl (C=O) groups excluding carboxylic acids is 2. The van der Waals surface area contributed by atoms with Gasteiger partial charge in [-0.05, 0) is 36.2 Å². The molecule has 1 aliphatic rings. The Morgan fingerprint density at radius 2 is 1.74 bits per heavy atom. The van der Waals surface area contributed by atoms with Crippen LogP contribution in [0.25, 0.3) is 0 Å². The normalized spacial score (nSPS) is 13.9. The van der Waals surface area contributed by atoms with Gasteiger partial charge in [-0.2, -0.15) is 0 Å². The Labute approximate surface area is 184 Å². The van der Waals surface area contributed by atoms with Crippen LogP contribution in [0.2, 0.25) is 5.15 Å². The fourth-order valence-electron chi connectivity index (χ4n) is 3.53. The SMILES string of the molecule is CCCCOc1cc(C(c2nccnc2Cl)N2C(=O)c3ccccc3C2=O)ccc1O. The number of fused-ring (bicyclic) bond motifs is 1. The average Bonchev–Trinajstić information content (AvgIpc) is 3.03. The molecule has 0 aliphatic carbocycles. The molecular formula is C23H20ClN3O4. The Kier molecular flexibility index (Phi) is 5.86. The highest BCUT2D eigenvalue weighted by Crippen LogP contribution is 2.39. The van der Waals surface area contributed by atoms with Crippen LogP contribution in [0.1, 0.15) is 57.8 Å². The molecule has 2 amide bonds. The van der Waals surface area contributed by atoms with E-state index in [1.807, 2.05) is 6.92 Å². The van der Waals surface area contributed by atoms with Gasteiger partial charge in [-0.3, -0.25) is 19.5 Å². The zero-order valence-electron chi connectivity index (χ0n) is 16.8. The fraction of sp³-hybridized carbons (Fsp3) is 0.217. The van der Waals surface area contributed by atoms with Gasteiger partial charge in [0.2, 0.25) is 0 Å². The van der Waals surface area contributed by atoms with Gasteiger partial charge < -0.3 is 9.84 Å². The largest absolute Gasteiger partial charge is 0.504 e. The first-order chi connectivity index (χ1) is 15.0. The van der Waals surface area contributed by atoms with Crippen LogP contribution >= 0.6 is 11.6 Å². The van der Waals surface area contributed by atoms with Crippen molar-refractivity contribution in [1.82, 2.24) is 14.9 Å². The van der Waals surface area contributed by atoms with Crippen molar-refractivity contribution < 1.29 is 19.4 Å². The lowest BCUT2D eigenvalue weighted by atomic mass is 10.0. The van der Waals surface area contributed by atoms with Crippen molar-refractivity contribution in [3.05, 3.63) is 82.4 Å². The van der Waals surface area contributed by atoms with Crippen molar-refractivity contribution in [3.8, 4) is 11.5 Å². The molecule has 2 aromatic carbocycles. The van der Waals surface area contributed by atoms with E-state index in [-0.39, 0.29) is 22.3 Å². The molecule has 8 heteroatoms. The maximum atomic E-state index is 13.2. The molecule has 1 unspecified atom stereocenters. The standard InChI is InChI=1S/C23H20ClN3O4/c1-2-3-12-31-18-13-14(8-9-17(18)28)20(19-21(24)26-11-10-25-19)27-22(29)15-6-4-5-7-16(15)23(27)30/h4-11,13,20,28H,2-3,12H2,1H3. The Bertz CT molecular complexity index is 1120. The molecule has 0 fully saturated rings. The van der Waals surface area contributed by atoms with Crippen LogP contribution in [0, 0.1) is 0 Å². The van der Waals surface area contributed by atoms with E-state index in [1.165, 1.54) is 18.5 Å². The molecule has 2 heterocycles. The Morgan fingerprint density at radius 1 is 1.06 bits per heavy atom. The first-order valence-corrected chi connectivity index (χ1v) is 10.3. The third kappa shape index (κ3) is 3.84. The highest BCUT2D eigenvalue weighted by atomic mass is 35.5. The lowest BCUT2D eigenvalue weighted by Gasteiger charge is -2.27. The number of rotatable bonds is 7. The number of unbranched alkanes of at least 4 members (excludes halogenated alkanes) is 1. The minimum atomic E-state index is -0.942. The van der Waals surface area contributed by atoms with Crippen LogP contribution in [0.5, 0.6) is 11.5 Å². The van der Waals surface area contributed by atoms with Crippen LogP contribution < -0.4 is 4.74 Å². The fourth-order valence-corrected chi connectivity index (χ4v) is 3.74. The number of ether oxygens (including phenoxy) is 1. The van der Waals surface area contributed by atoms with Crippen LogP contribution in [-0.4, -0.2) is 38.4 Å². The number of benzene rings is 2. The summed E-state index contributed by atoms with van der Waals surface area (Å²) < 4.78 is 5.70. The van der Waals surface area contributed by atoms with Gasteiger partial charge in [-0.15, -0.1) is 0 Å². The molecule has 1 aromatic heterocycles. The van der Waals surface area contributed by atoms with Gasteiger partial charge in [0.05, 0.1) is 17.7 Å². The molecule has 0 saturated carbocycles. The number of hydrogen-bond acceptors (Lipinski definition) is 6. The molecule has 158 valence electrons. The molecule has 1 aliphatic heterocycles. The van der Waals surface area contributed by atoms with E-state index in [0.717, 1.165) is 17.7 Å². The van der Waals surface area contributed by atoms with E-state index in [4.69, 9.17) is 16.3 Å². The minimum absolute atomic E-state index is 0.0359. The summed E-state index contributed by atoms with van der Waals surface area (Å²) >= 11 is 6.32. The molecule has 1 N–H and O–H groups in total. The summed E-state index contributed by atoms with van der Waals surface area (Å²) in [7, 11) is 0. The summed E-state index contributed by atoms with van der Waals surface area (Å²) in [5.74, 6) is -0.679. The quantitative estimate of drug-likeness (QED) is 0.435. The van der Waals surface area contributed by atoms with Gasteiger partial charge in [0, 0.05) is 12.4 Å². The van der Waals surface area contributed by atoms with Gasteiger partial charge in [-0.25, -0.2) is 4.98 Å². The zero-order valence-corrected chi connectivity index (χ0v) is 17.5. The lowest BCUT2D eigenvalue weighted by Crippen LogP contribution is -2.35. The molecule has 0 radical (unpaired) electrons. The summed E-state index contributed by atoms with van der Waals surface area (Å²) in [6.07, 6.45) is 4.64. The first-order valence-electron chi connectivity index (χ1n) is 9.92. The molecular weight excluding hydrogens is 418 g/mol. The number of nitrogens with zero attached hydrogens (tertiary/aromatic N) is 3. The van der Waals surface area contributed by atoms with Crippen molar-refractivity contribution in [3.63, 3.8) is 0 Å². The van der Waals surface area contributed by atoms with Crippen molar-refractivity contribution in [2.24, 2.45) is 0 Å². The van der Waals surface area contributed by atoms with E-state index in [1.54, 1.807) is 36.4 Å². The average molecular weight is 438 g/mol. The van der Waals surface area contributed by atoms with Crippen LogP contribution in [-0.2, 0) is 0 Å². The minimum Gasteiger partial charge on any atom is -0.504 e. The number of carbonyl (C=O) groups is 2. The topological polar surface area (TPSA) is 92.6 Å². The maximum absolute atomic E-state index is 13.2. The molecule has 31 heavy (non-hydrogen) atoms. The lowest BCUT2D eigenvalue weighted by molar-refractivity contribution is 0.0605. The Hall–Kier alpha value is -3.45. The van der Waals surface area contributed by atoms with Gasteiger partial charge in [0.15, 0.2) is 16.7 Å². The van der Waals surface area contributed by atoms with Gasteiger partial charge in [-0.1, -0.05) is 43.1 Å². The van der Waals surface area contributed by atoms with E-state index in [2.05, 4.69) is 9.97 Å². The molecule has 4 rings (SSSR count). The third-order valence-electron chi connectivity index (χ3n) is 5.08. The number of halogens is 1. The van der Waals surface area contributed by atoms with E-state index < -0.39 is 17.9 Å². The van der Waals surface area contributed by atoms with Crippen LogP contribution in [0.15, 0.2) is 54.9 Å². The molecule has 3 aromatic rings. The smallest absolute Gasteiger partial charge is 0.262 e. The summed E-state index contributed by atoms with van der Waals surface area (Å²) in [5.41, 5.74) is 1.40. The number of phenols is 1. The van der Waals surface area contributed by atoms with Crippen molar-refractivity contribution in [2.75, 3.05) is 6.61 Å². The van der Waals surface area contributed by atoms with Crippen LogP contribution in [0.4, 0.5) is 0 Å². The highest BCUT2D eigenvalue weighted by molar-refractivity contribution is 6.30. The Balaban J connectivity index is 1.83. The molecule has 7 nitrogen and oxygen atoms in total. The number of amides is 2. The molecule has 1 atom stereocenters. The third-order valence-corrected chi connectivity index (χ3v) is 5.37. The predicted octanol–water partition coefficient (Wildman–Crippen LogP) is 4.40. The molecule has 0 spiro atoms. The van der Waals surface area contributed by atoms with Gasteiger partial charge >= 0.3 is 0 Å². The zero-order chi connectivity index (χ0) is 22.0. The van der Waals surface area contributed by atoms with Crippen molar-refractivity contribution in [2.45, 2.75) is 25.8 Å². The summed E-state index contributed by atoms with van der Waals surface area (Å²) in [6, 6.07) is 10.4. The monoisotopic (exact) mass is 437 g/mol. The highest BCUT2D eigenvalue weighted by Gasteiger charge is 2.42. The molecule has 0 bridgehead atoms.